The number of hydrogen-bond acceptors (Lipinski definition) is 3. The lowest BCUT2D eigenvalue weighted by atomic mass is 10.0. The number of rotatable bonds is 8. The number of imidazole rings is 1. The van der Waals surface area contributed by atoms with E-state index in [1.165, 1.54) is 12.8 Å². The van der Waals surface area contributed by atoms with Gasteiger partial charge in [0.1, 0.15) is 11.6 Å². The Bertz CT molecular complexity index is 655. The average Bonchev–Trinajstić information content (AvgIpc) is 3.07. The van der Waals surface area contributed by atoms with Crippen LogP contribution in [0.1, 0.15) is 45.0 Å². The van der Waals surface area contributed by atoms with Gasteiger partial charge in [-0.1, -0.05) is 32.8 Å². The van der Waals surface area contributed by atoms with Crippen LogP contribution in [0.3, 0.4) is 0 Å². The molecule has 2 aromatic rings. The molecule has 2 aromatic heterocycles. The summed E-state index contributed by atoms with van der Waals surface area (Å²) in [5, 5.41) is 6.74. The van der Waals surface area contributed by atoms with E-state index in [9.17, 15) is 0 Å². The molecule has 2 heterocycles. The smallest absolute Gasteiger partial charge is 0.191 e. The number of guanidine groups is 1. The first-order valence-electron chi connectivity index (χ1n) is 9.15. The predicted octanol–water partition coefficient (Wildman–Crippen LogP) is 3.07. The largest absolute Gasteiger partial charge is 0.357 e. The number of nitrogens with one attached hydrogen (secondary N) is 2. The SMILES string of the molecule is CCNC(=NCc1ccc(-n2ccnc2C)nc1)NCC(CC)CC. The van der Waals surface area contributed by atoms with Gasteiger partial charge >= 0.3 is 0 Å². The summed E-state index contributed by atoms with van der Waals surface area (Å²) in [7, 11) is 0. The van der Waals surface area contributed by atoms with Gasteiger partial charge in [0.2, 0.25) is 0 Å². The minimum absolute atomic E-state index is 0.606. The van der Waals surface area contributed by atoms with Crippen LogP contribution >= 0.6 is 0 Å². The summed E-state index contributed by atoms with van der Waals surface area (Å²) < 4.78 is 1.97. The molecule has 0 aliphatic carbocycles. The van der Waals surface area contributed by atoms with Crippen LogP contribution in [0.2, 0.25) is 0 Å². The topological polar surface area (TPSA) is 67.1 Å². The second kappa shape index (κ2) is 9.81. The fourth-order valence-corrected chi connectivity index (χ4v) is 2.60. The Morgan fingerprint density at radius 2 is 1.96 bits per heavy atom. The van der Waals surface area contributed by atoms with Crippen molar-refractivity contribution in [2.75, 3.05) is 13.1 Å². The Hall–Kier alpha value is -2.37. The minimum Gasteiger partial charge on any atom is -0.357 e. The molecule has 2 N–H and O–H groups in total. The van der Waals surface area contributed by atoms with E-state index in [1.54, 1.807) is 6.20 Å². The summed E-state index contributed by atoms with van der Waals surface area (Å²) in [6, 6.07) is 4.07. The number of aromatic nitrogens is 3. The molecule has 6 heteroatoms. The first-order chi connectivity index (χ1) is 12.2. The van der Waals surface area contributed by atoms with Gasteiger partial charge in [0, 0.05) is 31.7 Å². The first kappa shape index (κ1) is 19.0. The lowest BCUT2D eigenvalue weighted by molar-refractivity contribution is 0.481. The van der Waals surface area contributed by atoms with E-state index in [2.05, 4.69) is 52.4 Å². The maximum atomic E-state index is 4.67. The Morgan fingerprint density at radius 1 is 1.16 bits per heavy atom. The van der Waals surface area contributed by atoms with Crippen LogP contribution in [0.5, 0.6) is 0 Å². The molecule has 0 radical (unpaired) electrons. The highest BCUT2D eigenvalue weighted by Gasteiger charge is 2.05. The van der Waals surface area contributed by atoms with E-state index in [4.69, 9.17) is 0 Å². The van der Waals surface area contributed by atoms with Crippen molar-refractivity contribution in [3.8, 4) is 5.82 Å². The number of aliphatic imine (C=N–C) groups is 1. The second-order valence-electron chi connectivity index (χ2n) is 6.13. The van der Waals surface area contributed by atoms with Crippen molar-refractivity contribution in [3.63, 3.8) is 0 Å². The molecular weight excluding hydrogens is 312 g/mol. The number of pyridine rings is 1. The molecule has 0 aliphatic rings. The Morgan fingerprint density at radius 3 is 2.52 bits per heavy atom. The zero-order chi connectivity index (χ0) is 18.1. The molecule has 0 atom stereocenters. The first-order valence-corrected chi connectivity index (χ1v) is 9.15. The standard InChI is InChI=1S/C19H30N6/c1-5-16(6-2)12-23-19(20-7-3)24-14-17-8-9-18(22-13-17)25-11-10-21-15(25)4/h8-11,13,16H,5-7,12,14H2,1-4H3,(H2,20,23,24). The Balaban J connectivity index is 1.98. The van der Waals surface area contributed by atoms with Gasteiger partial charge in [-0.2, -0.15) is 0 Å². The summed E-state index contributed by atoms with van der Waals surface area (Å²) in [6.45, 7) is 10.9. The maximum Gasteiger partial charge on any atom is 0.191 e. The highest BCUT2D eigenvalue weighted by atomic mass is 15.2. The number of hydrogen-bond donors (Lipinski definition) is 2. The van der Waals surface area contributed by atoms with Gasteiger partial charge in [-0.15, -0.1) is 0 Å². The molecule has 0 bridgehead atoms. The van der Waals surface area contributed by atoms with Gasteiger partial charge in [-0.05, 0) is 31.4 Å². The fourth-order valence-electron chi connectivity index (χ4n) is 2.60. The number of nitrogens with zero attached hydrogens (tertiary/aromatic N) is 4. The van der Waals surface area contributed by atoms with E-state index in [1.807, 2.05) is 30.0 Å². The highest BCUT2D eigenvalue weighted by Crippen LogP contribution is 2.09. The molecule has 136 valence electrons. The Labute approximate surface area is 150 Å². The van der Waals surface area contributed by atoms with Crippen LogP contribution < -0.4 is 10.6 Å². The normalized spacial score (nSPS) is 11.8. The maximum absolute atomic E-state index is 4.67. The molecule has 0 fully saturated rings. The van der Waals surface area contributed by atoms with E-state index in [-0.39, 0.29) is 0 Å². The molecular formula is C19H30N6. The van der Waals surface area contributed by atoms with Gasteiger partial charge in [-0.3, -0.25) is 4.57 Å². The van der Waals surface area contributed by atoms with Crippen LogP contribution in [-0.2, 0) is 6.54 Å². The third-order valence-corrected chi connectivity index (χ3v) is 4.36. The molecule has 0 spiro atoms. The average molecular weight is 342 g/mol. The van der Waals surface area contributed by atoms with Crippen LogP contribution in [0.4, 0.5) is 0 Å². The van der Waals surface area contributed by atoms with Crippen LogP contribution in [0.15, 0.2) is 35.7 Å². The molecule has 0 aromatic carbocycles. The van der Waals surface area contributed by atoms with E-state index >= 15 is 0 Å². The van der Waals surface area contributed by atoms with Crippen LogP contribution in [0.25, 0.3) is 5.82 Å². The summed E-state index contributed by atoms with van der Waals surface area (Å²) in [5.41, 5.74) is 1.08. The van der Waals surface area contributed by atoms with Crippen molar-refractivity contribution in [3.05, 3.63) is 42.1 Å². The molecule has 0 unspecified atom stereocenters. The molecule has 0 saturated heterocycles. The third kappa shape index (κ3) is 5.59. The van der Waals surface area contributed by atoms with Gasteiger partial charge in [0.15, 0.2) is 5.96 Å². The predicted molar refractivity (Wildman–Crippen MR) is 103 cm³/mol. The van der Waals surface area contributed by atoms with Gasteiger partial charge in [0.05, 0.1) is 6.54 Å². The number of aryl methyl sites for hydroxylation is 1. The molecule has 0 aliphatic heterocycles. The van der Waals surface area contributed by atoms with Crippen molar-refractivity contribution >= 4 is 5.96 Å². The molecule has 25 heavy (non-hydrogen) atoms. The molecule has 0 amide bonds. The van der Waals surface area contributed by atoms with Gasteiger partial charge in [-0.25, -0.2) is 15.0 Å². The fraction of sp³-hybridized carbons (Fsp3) is 0.526. The summed E-state index contributed by atoms with van der Waals surface area (Å²) in [6.07, 6.45) is 7.94. The zero-order valence-corrected chi connectivity index (χ0v) is 15.8. The van der Waals surface area contributed by atoms with Crippen molar-refractivity contribution in [2.45, 2.75) is 47.1 Å². The van der Waals surface area contributed by atoms with E-state index in [0.29, 0.717) is 12.5 Å². The molecule has 2 rings (SSSR count). The zero-order valence-electron chi connectivity index (χ0n) is 15.8. The quantitative estimate of drug-likeness (QED) is 0.571. The van der Waals surface area contributed by atoms with Crippen molar-refractivity contribution in [1.82, 2.24) is 25.2 Å². The van der Waals surface area contributed by atoms with Crippen molar-refractivity contribution in [1.29, 1.82) is 0 Å². The monoisotopic (exact) mass is 342 g/mol. The summed E-state index contributed by atoms with van der Waals surface area (Å²) in [4.78, 5) is 13.4. The minimum atomic E-state index is 0.606. The van der Waals surface area contributed by atoms with E-state index < -0.39 is 0 Å². The van der Waals surface area contributed by atoms with Gasteiger partial charge in [0.25, 0.3) is 0 Å². The lowest BCUT2D eigenvalue weighted by Crippen LogP contribution is -2.39. The third-order valence-electron chi connectivity index (χ3n) is 4.36. The second-order valence-corrected chi connectivity index (χ2v) is 6.13. The molecule has 6 nitrogen and oxygen atoms in total. The molecule has 0 saturated carbocycles. The summed E-state index contributed by atoms with van der Waals surface area (Å²) >= 11 is 0. The lowest BCUT2D eigenvalue weighted by Gasteiger charge is -2.16. The van der Waals surface area contributed by atoms with E-state index in [0.717, 1.165) is 36.3 Å². The van der Waals surface area contributed by atoms with Crippen LogP contribution in [0, 0.1) is 12.8 Å². The van der Waals surface area contributed by atoms with Crippen LogP contribution in [-0.4, -0.2) is 33.6 Å². The summed E-state index contributed by atoms with van der Waals surface area (Å²) in [5.74, 6) is 3.35. The Kier molecular flexibility index (Phi) is 7.44. The highest BCUT2D eigenvalue weighted by molar-refractivity contribution is 5.79. The van der Waals surface area contributed by atoms with Crippen molar-refractivity contribution in [2.24, 2.45) is 10.9 Å². The van der Waals surface area contributed by atoms with Gasteiger partial charge < -0.3 is 10.6 Å². The van der Waals surface area contributed by atoms with Crippen molar-refractivity contribution < 1.29 is 0 Å².